The highest BCUT2D eigenvalue weighted by Crippen LogP contribution is 2.11. The van der Waals surface area contributed by atoms with E-state index in [0.717, 1.165) is 24.3 Å². The van der Waals surface area contributed by atoms with Crippen molar-refractivity contribution < 1.29 is 17.6 Å². The van der Waals surface area contributed by atoms with Gasteiger partial charge in [-0.2, -0.15) is 0 Å². The van der Waals surface area contributed by atoms with Crippen LogP contribution in [0.5, 0.6) is 0 Å². The minimum absolute atomic E-state index is 0.0635. The summed E-state index contributed by atoms with van der Waals surface area (Å²) in [5.74, 6) is -0.664. The summed E-state index contributed by atoms with van der Waals surface area (Å²) in [5.41, 5.74) is 0. The molecule has 0 bridgehead atoms. The third-order valence-corrected chi connectivity index (χ3v) is 3.76. The zero-order chi connectivity index (χ0) is 13.1. The summed E-state index contributed by atoms with van der Waals surface area (Å²) in [6.45, 7) is 3.46. The second-order valence-corrected chi connectivity index (χ2v) is 5.70. The Hall–Kier alpha value is -1.27. The second-order valence-electron chi connectivity index (χ2n) is 3.98. The molecule has 1 rings (SSSR count). The first-order chi connectivity index (χ1) is 7.86. The minimum Gasteiger partial charge on any atom is -0.302 e. The Labute approximate surface area is 99.9 Å². The Morgan fingerprint density at radius 2 is 1.76 bits per heavy atom. The minimum atomic E-state index is -3.78. The molecular weight excluding hydrogens is 245 g/mol. The van der Waals surface area contributed by atoms with Gasteiger partial charge in [-0.3, -0.25) is 0 Å². The predicted molar refractivity (Wildman–Crippen MR) is 61.4 cm³/mol. The molecule has 1 N–H and O–H groups in total. The van der Waals surface area contributed by atoms with Crippen molar-refractivity contribution in [2.45, 2.75) is 24.8 Å². The van der Waals surface area contributed by atoms with Crippen molar-refractivity contribution >= 4 is 16.3 Å². The summed E-state index contributed by atoms with van der Waals surface area (Å²) < 4.78 is 38.6. The highest BCUT2D eigenvalue weighted by molar-refractivity contribution is 7.89. The van der Waals surface area contributed by atoms with Crippen LogP contribution >= 0.6 is 0 Å². The zero-order valence-electron chi connectivity index (χ0n) is 9.55. The van der Waals surface area contributed by atoms with Gasteiger partial charge in [0.05, 0.1) is 10.9 Å². The summed E-state index contributed by atoms with van der Waals surface area (Å²) in [6, 6.07) is 3.63. The smallest absolute Gasteiger partial charge is 0.241 e. The number of rotatable bonds is 5. The van der Waals surface area contributed by atoms with E-state index in [0.29, 0.717) is 6.29 Å². The number of carbonyl (C=O) groups is 1. The van der Waals surface area contributed by atoms with Crippen molar-refractivity contribution in [2.24, 2.45) is 5.92 Å². The molecular formula is C11H14FNO3S. The fourth-order valence-electron chi connectivity index (χ4n) is 1.18. The molecule has 0 aliphatic carbocycles. The molecule has 0 saturated heterocycles. The van der Waals surface area contributed by atoms with Gasteiger partial charge in [0.15, 0.2) is 0 Å². The van der Waals surface area contributed by atoms with E-state index >= 15 is 0 Å². The molecule has 0 unspecified atom stereocenters. The number of benzene rings is 1. The van der Waals surface area contributed by atoms with Gasteiger partial charge in [0, 0.05) is 0 Å². The fraction of sp³-hybridized carbons (Fsp3) is 0.364. The largest absolute Gasteiger partial charge is 0.302 e. The molecule has 0 radical (unpaired) electrons. The molecule has 6 heteroatoms. The SMILES string of the molecule is CC(C)[C@@H](C=O)NS(=O)(=O)c1ccc(F)cc1. The van der Waals surface area contributed by atoms with Crippen molar-refractivity contribution in [1.29, 1.82) is 0 Å². The number of hydrogen-bond acceptors (Lipinski definition) is 3. The van der Waals surface area contributed by atoms with Crippen LogP contribution in [0, 0.1) is 11.7 Å². The lowest BCUT2D eigenvalue weighted by molar-refractivity contribution is -0.110. The third-order valence-electron chi connectivity index (χ3n) is 2.28. The Kier molecular flexibility index (Phi) is 4.36. The molecule has 0 amide bonds. The standard InChI is InChI=1S/C11H14FNO3S/c1-8(2)11(7-14)13-17(15,16)10-5-3-9(12)4-6-10/h3-8,11,13H,1-2H3/t11-/m1/s1. The van der Waals surface area contributed by atoms with Gasteiger partial charge in [0.1, 0.15) is 12.1 Å². The van der Waals surface area contributed by atoms with Crippen LogP contribution in [-0.4, -0.2) is 20.7 Å². The lowest BCUT2D eigenvalue weighted by atomic mass is 10.1. The van der Waals surface area contributed by atoms with Crippen LogP contribution in [-0.2, 0) is 14.8 Å². The van der Waals surface area contributed by atoms with E-state index in [9.17, 15) is 17.6 Å². The van der Waals surface area contributed by atoms with Gasteiger partial charge in [-0.25, -0.2) is 17.5 Å². The molecule has 0 spiro atoms. The number of carbonyl (C=O) groups excluding carboxylic acids is 1. The topological polar surface area (TPSA) is 63.2 Å². The Morgan fingerprint density at radius 3 is 2.18 bits per heavy atom. The molecule has 4 nitrogen and oxygen atoms in total. The molecule has 1 aromatic rings. The molecule has 1 aromatic carbocycles. The Balaban J connectivity index is 2.96. The van der Waals surface area contributed by atoms with E-state index < -0.39 is 21.9 Å². The molecule has 0 fully saturated rings. The molecule has 0 aliphatic heterocycles. The quantitative estimate of drug-likeness (QED) is 0.811. The van der Waals surface area contributed by atoms with Crippen molar-refractivity contribution in [1.82, 2.24) is 4.72 Å². The second kappa shape index (κ2) is 5.37. The van der Waals surface area contributed by atoms with Gasteiger partial charge in [0.25, 0.3) is 0 Å². The maximum absolute atomic E-state index is 12.7. The number of halogens is 1. The first kappa shape index (κ1) is 13.8. The van der Waals surface area contributed by atoms with Gasteiger partial charge in [-0.1, -0.05) is 13.8 Å². The van der Waals surface area contributed by atoms with E-state index in [-0.39, 0.29) is 10.8 Å². The van der Waals surface area contributed by atoms with Crippen LogP contribution in [0.4, 0.5) is 4.39 Å². The highest BCUT2D eigenvalue weighted by atomic mass is 32.2. The van der Waals surface area contributed by atoms with Gasteiger partial charge in [-0.05, 0) is 30.2 Å². The van der Waals surface area contributed by atoms with Crippen LogP contribution in [0.1, 0.15) is 13.8 Å². The van der Waals surface area contributed by atoms with E-state index in [1.165, 1.54) is 0 Å². The molecule has 0 saturated carbocycles. The van der Waals surface area contributed by atoms with Crippen LogP contribution in [0.2, 0.25) is 0 Å². The van der Waals surface area contributed by atoms with E-state index in [1.54, 1.807) is 13.8 Å². The first-order valence-corrected chi connectivity index (χ1v) is 6.58. The average Bonchev–Trinajstić information content (AvgIpc) is 2.26. The Bertz CT molecular complexity index is 482. The monoisotopic (exact) mass is 259 g/mol. The summed E-state index contributed by atoms with van der Waals surface area (Å²) >= 11 is 0. The third kappa shape index (κ3) is 3.61. The lowest BCUT2D eigenvalue weighted by Crippen LogP contribution is -2.39. The number of sulfonamides is 1. The molecule has 1 atom stereocenters. The van der Waals surface area contributed by atoms with Crippen LogP contribution in [0.15, 0.2) is 29.2 Å². The lowest BCUT2D eigenvalue weighted by Gasteiger charge is -2.16. The van der Waals surface area contributed by atoms with Gasteiger partial charge < -0.3 is 4.79 Å². The normalized spacial score (nSPS) is 13.6. The Morgan fingerprint density at radius 1 is 1.24 bits per heavy atom. The highest BCUT2D eigenvalue weighted by Gasteiger charge is 2.21. The van der Waals surface area contributed by atoms with E-state index in [4.69, 9.17) is 0 Å². The number of aldehydes is 1. The molecule has 0 aromatic heterocycles. The first-order valence-electron chi connectivity index (χ1n) is 5.10. The summed E-state index contributed by atoms with van der Waals surface area (Å²) in [6.07, 6.45) is 0.547. The predicted octanol–water partition coefficient (Wildman–Crippen LogP) is 1.33. The van der Waals surface area contributed by atoms with Crippen LogP contribution < -0.4 is 4.72 Å². The van der Waals surface area contributed by atoms with Crippen molar-refractivity contribution in [2.75, 3.05) is 0 Å². The number of hydrogen-bond donors (Lipinski definition) is 1. The van der Waals surface area contributed by atoms with E-state index in [1.807, 2.05) is 0 Å². The maximum atomic E-state index is 12.7. The van der Waals surface area contributed by atoms with Crippen molar-refractivity contribution in [3.05, 3.63) is 30.1 Å². The molecule has 94 valence electrons. The molecule has 17 heavy (non-hydrogen) atoms. The molecule has 0 aliphatic rings. The van der Waals surface area contributed by atoms with Gasteiger partial charge in [-0.15, -0.1) is 0 Å². The van der Waals surface area contributed by atoms with Gasteiger partial charge >= 0.3 is 0 Å². The van der Waals surface area contributed by atoms with Gasteiger partial charge in [0.2, 0.25) is 10.0 Å². The fourth-order valence-corrected chi connectivity index (χ4v) is 2.50. The average molecular weight is 259 g/mol. The van der Waals surface area contributed by atoms with Crippen molar-refractivity contribution in [3.63, 3.8) is 0 Å². The zero-order valence-corrected chi connectivity index (χ0v) is 10.4. The van der Waals surface area contributed by atoms with E-state index in [2.05, 4.69) is 4.72 Å². The van der Waals surface area contributed by atoms with Crippen LogP contribution in [0.3, 0.4) is 0 Å². The number of nitrogens with one attached hydrogen (secondary N) is 1. The van der Waals surface area contributed by atoms with Crippen molar-refractivity contribution in [3.8, 4) is 0 Å². The summed E-state index contributed by atoms with van der Waals surface area (Å²) in [4.78, 5) is 10.7. The van der Waals surface area contributed by atoms with Crippen LogP contribution in [0.25, 0.3) is 0 Å². The summed E-state index contributed by atoms with van der Waals surface area (Å²) in [7, 11) is -3.78. The molecule has 0 heterocycles. The summed E-state index contributed by atoms with van der Waals surface area (Å²) in [5, 5.41) is 0. The maximum Gasteiger partial charge on any atom is 0.241 e.